The number of carbonyl (C=O) groups is 1. The molecule has 0 aliphatic heterocycles. The molecule has 0 spiro atoms. The third-order valence-corrected chi connectivity index (χ3v) is 6.32. The van der Waals surface area contributed by atoms with Crippen molar-refractivity contribution in [2.45, 2.75) is 59.2 Å². The topological polar surface area (TPSA) is 35.5 Å². The van der Waals surface area contributed by atoms with E-state index >= 15 is 0 Å². The fourth-order valence-corrected chi connectivity index (χ4v) is 4.55. The lowest BCUT2D eigenvalue weighted by molar-refractivity contribution is 0.00687. The molecule has 0 aromatic heterocycles. The predicted molar refractivity (Wildman–Crippen MR) is 139 cm³/mol. The van der Waals surface area contributed by atoms with E-state index in [1.807, 2.05) is 52.0 Å². The van der Waals surface area contributed by atoms with E-state index in [1.54, 1.807) is 12.1 Å². The third-order valence-electron chi connectivity index (χ3n) is 6.09. The van der Waals surface area contributed by atoms with E-state index in [-0.39, 0.29) is 18.1 Å². The number of halogens is 3. The second-order valence-electron chi connectivity index (χ2n) is 10.0. The third kappa shape index (κ3) is 5.96. The van der Waals surface area contributed by atoms with Crippen LogP contribution in [-0.4, -0.2) is 11.6 Å². The van der Waals surface area contributed by atoms with Gasteiger partial charge in [-0.25, -0.2) is 13.6 Å². The standard InChI is InChI=1S/C30H29ClF2O3/c1-18-8-9-19(14-25(18)29(34)36-30(2,3)4)23-6-5-7-24(23)26-15-21(31)11-13-28(26)35-17-20-10-12-22(32)16-27(20)33/h8-16H,5-7,17H2,1-4H3. The van der Waals surface area contributed by atoms with Crippen molar-refractivity contribution in [2.75, 3.05) is 0 Å². The quantitative estimate of drug-likeness (QED) is 0.311. The number of hydrogen-bond acceptors (Lipinski definition) is 3. The molecule has 36 heavy (non-hydrogen) atoms. The lowest BCUT2D eigenvalue weighted by atomic mass is 9.94. The van der Waals surface area contributed by atoms with Gasteiger partial charge in [0.05, 0.1) is 5.56 Å². The molecule has 3 aromatic rings. The first-order valence-electron chi connectivity index (χ1n) is 11.9. The van der Waals surface area contributed by atoms with Gasteiger partial charge < -0.3 is 9.47 Å². The average Bonchev–Trinajstić information content (AvgIpc) is 3.28. The Bertz CT molecular complexity index is 1340. The molecule has 0 saturated heterocycles. The highest BCUT2D eigenvalue weighted by Gasteiger charge is 2.24. The first kappa shape index (κ1) is 25.9. The summed E-state index contributed by atoms with van der Waals surface area (Å²) < 4.78 is 39.0. The van der Waals surface area contributed by atoms with Crippen molar-refractivity contribution in [1.29, 1.82) is 0 Å². The lowest BCUT2D eigenvalue weighted by Gasteiger charge is -2.21. The van der Waals surface area contributed by atoms with Crippen molar-refractivity contribution in [3.8, 4) is 5.75 Å². The Kier molecular flexibility index (Phi) is 7.51. The number of benzene rings is 3. The van der Waals surface area contributed by atoms with Crippen LogP contribution in [0, 0.1) is 18.6 Å². The summed E-state index contributed by atoms with van der Waals surface area (Å²) in [6.07, 6.45) is 2.59. The van der Waals surface area contributed by atoms with Crippen molar-refractivity contribution < 1.29 is 23.0 Å². The Morgan fingerprint density at radius 2 is 1.72 bits per heavy atom. The van der Waals surface area contributed by atoms with Crippen LogP contribution in [0.2, 0.25) is 5.02 Å². The van der Waals surface area contributed by atoms with Crippen molar-refractivity contribution in [3.63, 3.8) is 0 Å². The molecule has 0 radical (unpaired) electrons. The van der Waals surface area contributed by atoms with Crippen LogP contribution < -0.4 is 4.74 Å². The molecule has 3 nitrogen and oxygen atoms in total. The molecule has 0 N–H and O–H groups in total. The Morgan fingerprint density at radius 3 is 2.44 bits per heavy atom. The number of ether oxygens (including phenoxy) is 2. The maximum absolute atomic E-state index is 14.2. The number of allylic oxidation sites excluding steroid dienone is 2. The fourth-order valence-electron chi connectivity index (χ4n) is 4.38. The molecule has 1 aliphatic rings. The van der Waals surface area contributed by atoms with Crippen LogP contribution >= 0.6 is 11.6 Å². The summed E-state index contributed by atoms with van der Waals surface area (Å²) in [5.74, 6) is -1.07. The van der Waals surface area contributed by atoms with E-state index < -0.39 is 17.2 Å². The van der Waals surface area contributed by atoms with Gasteiger partial charge in [-0.15, -0.1) is 0 Å². The fraction of sp³-hybridized carbons (Fsp3) is 0.300. The van der Waals surface area contributed by atoms with Crippen molar-refractivity contribution in [3.05, 3.63) is 99.1 Å². The second-order valence-corrected chi connectivity index (χ2v) is 10.4. The predicted octanol–water partition coefficient (Wildman–Crippen LogP) is 8.56. The molecule has 0 bridgehead atoms. The summed E-state index contributed by atoms with van der Waals surface area (Å²) in [6, 6.07) is 14.6. The van der Waals surface area contributed by atoms with E-state index in [1.165, 1.54) is 12.1 Å². The van der Waals surface area contributed by atoms with Crippen molar-refractivity contribution in [1.82, 2.24) is 0 Å². The number of esters is 1. The van der Waals surface area contributed by atoms with Crippen LogP contribution in [0.4, 0.5) is 8.78 Å². The summed E-state index contributed by atoms with van der Waals surface area (Å²) in [5.41, 5.74) is 5.02. The van der Waals surface area contributed by atoms with E-state index in [4.69, 9.17) is 21.1 Å². The summed E-state index contributed by atoms with van der Waals surface area (Å²) >= 11 is 6.36. The van der Waals surface area contributed by atoms with Gasteiger partial charge in [0.25, 0.3) is 0 Å². The average molecular weight is 511 g/mol. The summed E-state index contributed by atoms with van der Waals surface area (Å²) in [5, 5.41) is 0.558. The van der Waals surface area contributed by atoms with Crippen LogP contribution in [0.5, 0.6) is 5.75 Å². The molecule has 0 saturated carbocycles. The van der Waals surface area contributed by atoms with E-state index in [2.05, 4.69) is 0 Å². The minimum atomic E-state index is -0.652. The molecule has 4 rings (SSSR count). The van der Waals surface area contributed by atoms with Gasteiger partial charge in [0.2, 0.25) is 0 Å². The Labute approximate surface area is 215 Å². The van der Waals surface area contributed by atoms with Crippen LogP contribution in [0.1, 0.15) is 72.6 Å². The highest BCUT2D eigenvalue weighted by atomic mass is 35.5. The van der Waals surface area contributed by atoms with Gasteiger partial charge >= 0.3 is 5.97 Å². The number of aryl methyl sites for hydroxylation is 1. The molecule has 0 fully saturated rings. The molecular weight excluding hydrogens is 482 g/mol. The molecular formula is C30H29ClF2O3. The first-order valence-corrected chi connectivity index (χ1v) is 12.3. The molecule has 6 heteroatoms. The highest BCUT2D eigenvalue weighted by molar-refractivity contribution is 6.30. The van der Waals surface area contributed by atoms with Gasteiger partial charge in [-0.3, -0.25) is 0 Å². The van der Waals surface area contributed by atoms with Crippen molar-refractivity contribution >= 4 is 28.7 Å². The van der Waals surface area contributed by atoms with Gasteiger partial charge in [-0.1, -0.05) is 23.7 Å². The summed E-state index contributed by atoms with van der Waals surface area (Å²) in [4.78, 5) is 12.8. The van der Waals surface area contributed by atoms with E-state index in [0.29, 0.717) is 16.3 Å². The lowest BCUT2D eigenvalue weighted by Crippen LogP contribution is -2.24. The van der Waals surface area contributed by atoms with Gasteiger partial charge in [-0.2, -0.15) is 0 Å². The number of carbonyl (C=O) groups excluding carboxylic acids is 1. The summed E-state index contributed by atoms with van der Waals surface area (Å²) in [6.45, 7) is 7.39. The molecule has 3 aromatic carbocycles. The highest BCUT2D eigenvalue weighted by Crippen LogP contribution is 2.44. The Balaban J connectivity index is 1.70. The monoisotopic (exact) mass is 510 g/mol. The minimum Gasteiger partial charge on any atom is -0.488 e. The largest absolute Gasteiger partial charge is 0.488 e. The summed E-state index contributed by atoms with van der Waals surface area (Å²) in [7, 11) is 0. The van der Waals surface area contributed by atoms with Gasteiger partial charge in [0.15, 0.2) is 0 Å². The minimum absolute atomic E-state index is 0.0450. The zero-order chi connectivity index (χ0) is 26.0. The maximum Gasteiger partial charge on any atom is 0.338 e. The van der Waals surface area contributed by atoms with Crippen LogP contribution in [0.3, 0.4) is 0 Å². The SMILES string of the molecule is Cc1ccc(C2=C(c3cc(Cl)ccc3OCc3ccc(F)cc3F)CCC2)cc1C(=O)OC(C)(C)C. The zero-order valence-corrected chi connectivity index (χ0v) is 21.6. The smallest absolute Gasteiger partial charge is 0.338 e. The Hall–Kier alpha value is -3.18. The molecule has 0 amide bonds. The normalized spacial score (nSPS) is 13.8. The molecule has 0 heterocycles. The molecule has 188 valence electrons. The van der Waals surface area contributed by atoms with E-state index in [0.717, 1.165) is 53.2 Å². The van der Waals surface area contributed by atoms with Crippen LogP contribution in [0.25, 0.3) is 11.1 Å². The maximum atomic E-state index is 14.2. The van der Waals surface area contributed by atoms with Crippen molar-refractivity contribution in [2.24, 2.45) is 0 Å². The first-order chi connectivity index (χ1) is 17.0. The van der Waals surface area contributed by atoms with Gasteiger partial charge in [0, 0.05) is 22.2 Å². The van der Waals surface area contributed by atoms with Crippen LogP contribution in [0.15, 0.2) is 54.6 Å². The zero-order valence-electron chi connectivity index (χ0n) is 20.9. The van der Waals surface area contributed by atoms with E-state index in [9.17, 15) is 13.6 Å². The number of hydrogen-bond donors (Lipinski definition) is 0. The number of rotatable bonds is 6. The van der Waals surface area contributed by atoms with Gasteiger partial charge in [0.1, 0.15) is 29.6 Å². The second kappa shape index (κ2) is 10.4. The molecule has 0 unspecified atom stereocenters. The van der Waals surface area contributed by atoms with Crippen LogP contribution in [-0.2, 0) is 11.3 Å². The molecule has 1 aliphatic carbocycles. The Morgan fingerprint density at radius 1 is 0.972 bits per heavy atom. The molecule has 0 atom stereocenters. The van der Waals surface area contributed by atoms with Gasteiger partial charge in [-0.05, 0) is 106 Å².